The summed E-state index contributed by atoms with van der Waals surface area (Å²) in [6.45, 7) is 17.2. The molecule has 2 fully saturated rings. The first-order valence-corrected chi connectivity index (χ1v) is 11.3. The molecule has 1 saturated heterocycles. The fourth-order valence-corrected chi connectivity index (χ4v) is 7.65. The van der Waals surface area contributed by atoms with Crippen LogP contribution in [0.25, 0.3) is 0 Å². The van der Waals surface area contributed by atoms with Crippen LogP contribution in [0.1, 0.15) is 83.7 Å². The number of hydrogen-bond donors (Lipinski definition) is 1. The molecule has 3 aliphatic rings. The SMILES string of the molecule is CC1(C)CC2CC(C)(CN2/C=N/c2sc3c(c2C#N)CC(C)(C)NC3(C)C)C1. The Balaban J connectivity index is 1.65. The van der Waals surface area contributed by atoms with Gasteiger partial charge in [0.25, 0.3) is 0 Å². The summed E-state index contributed by atoms with van der Waals surface area (Å²) < 4.78 is 0. The van der Waals surface area contributed by atoms with Crippen molar-refractivity contribution in [3.63, 3.8) is 0 Å². The Hall–Kier alpha value is -1.38. The monoisotopic (exact) mass is 398 g/mol. The van der Waals surface area contributed by atoms with Crippen molar-refractivity contribution in [3.05, 3.63) is 16.0 Å². The minimum atomic E-state index is -0.136. The third-order valence-electron chi connectivity index (χ3n) is 6.72. The van der Waals surface area contributed by atoms with E-state index < -0.39 is 0 Å². The molecule has 0 spiro atoms. The molecule has 2 unspecified atom stereocenters. The molecule has 152 valence electrons. The maximum absolute atomic E-state index is 9.90. The summed E-state index contributed by atoms with van der Waals surface area (Å²) in [5.74, 6) is 0. The van der Waals surface area contributed by atoms with E-state index >= 15 is 0 Å². The van der Waals surface area contributed by atoms with Gasteiger partial charge >= 0.3 is 0 Å². The van der Waals surface area contributed by atoms with Crippen LogP contribution in [-0.2, 0) is 12.0 Å². The second-order valence-electron chi connectivity index (χ2n) is 11.6. The zero-order valence-corrected chi connectivity index (χ0v) is 19.3. The van der Waals surface area contributed by atoms with Crippen LogP contribution in [0.5, 0.6) is 0 Å². The molecule has 3 heterocycles. The van der Waals surface area contributed by atoms with Gasteiger partial charge in [-0.05, 0) is 69.8 Å². The van der Waals surface area contributed by atoms with Gasteiger partial charge in [0.2, 0.25) is 0 Å². The molecule has 1 aromatic rings. The van der Waals surface area contributed by atoms with Crippen molar-refractivity contribution in [1.29, 1.82) is 5.26 Å². The molecular formula is C23H34N4S. The van der Waals surface area contributed by atoms with Gasteiger partial charge in [-0.2, -0.15) is 5.26 Å². The van der Waals surface area contributed by atoms with Crippen molar-refractivity contribution in [2.45, 2.75) is 91.3 Å². The van der Waals surface area contributed by atoms with Crippen LogP contribution in [0.2, 0.25) is 0 Å². The molecule has 4 nitrogen and oxygen atoms in total. The highest BCUT2D eigenvalue weighted by atomic mass is 32.1. The summed E-state index contributed by atoms with van der Waals surface area (Å²) in [5.41, 5.74) is 2.62. The number of thiophene rings is 1. The van der Waals surface area contributed by atoms with Crippen molar-refractivity contribution >= 4 is 22.7 Å². The number of nitrogens with zero attached hydrogens (tertiary/aromatic N) is 3. The van der Waals surface area contributed by atoms with Crippen LogP contribution in [-0.4, -0.2) is 29.4 Å². The van der Waals surface area contributed by atoms with Gasteiger partial charge in [-0.15, -0.1) is 11.3 Å². The van der Waals surface area contributed by atoms with Gasteiger partial charge in [-0.1, -0.05) is 20.8 Å². The predicted molar refractivity (Wildman–Crippen MR) is 117 cm³/mol. The van der Waals surface area contributed by atoms with E-state index in [9.17, 15) is 5.26 Å². The lowest BCUT2D eigenvalue weighted by atomic mass is 9.65. The van der Waals surface area contributed by atoms with Crippen molar-refractivity contribution in [2.24, 2.45) is 15.8 Å². The smallest absolute Gasteiger partial charge is 0.136 e. The summed E-state index contributed by atoms with van der Waals surface area (Å²) in [6.07, 6.45) is 6.69. The number of likely N-dealkylation sites (tertiary alicyclic amines) is 1. The molecular weight excluding hydrogens is 364 g/mol. The first-order chi connectivity index (χ1) is 12.8. The quantitative estimate of drug-likeness (QED) is 0.540. The van der Waals surface area contributed by atoms with Crippen molar-refractivity contribution < 1.29 is 0 Å². The van der Waals surface area contributed by atoms with E-state index in [2.05, 4.69) is 64.8 Å². The average Bonchev–Trinajstić information content (AvgIpc) is 2.96. The molecule has 0 amide bonds. The summed E-state index contributed by atoms with van der Waals surface area (Å²) in [7, 11) is 0. The molecule has 28 heavy (non-hydrogen) atoms. The molecule has 1 aliphatic carbocycles. The standard InChI is InChI=1S/C23H34N4S/c1-20(2)8-15-9-23(7,12-20)13-27(15)14-25-19-17(11-24)16-10-21(3,4)26-22(5,6)18(16)28-19/h14-15,26H,8-10,12-13H2,1-7H3/b25-14+. The lowest BCUT2D eigenvalue weighted by Gasteiger charge is -2.42. The van der Waals surface area contributed by atoms with Crippen LogP contribution in [0, 0.1) is 22.2 Å². The third kappa shape index (κ3) is 3.39. The summed E-state index contributed by atoms with van der Waals surface area (Å²) >= 11 is 1.69. The second kappa shape index (κ2) is 6.06. The number of aliphatic imine (C=N–C) groups is 1. The van der Waals surface area contributed by atoms with E-state index in [1.807, 2.05) is 6.34 Å². The molecule has 4 rings (SSSR count). The Bertz CT molecular complexity index is 870. The summed E-state index contributed by atoms with van der Waals surface area (Å²) in [5, 5.41) is 14.5. The first kappa shape index (κ1) is 19.9. The van der Waals surface area contributed by atoms with Gasteiger partial charge in [0, 0.05) is 28.5 Å². The minimum absolute atomic E-state index is 0.0175. The molecule has 1 saturated carbocycles. The molecule has 0 aromatic carbocycles. The van der Waals surface area contributed by atoms with Crippen LogP contribution >= 0.6 is 11.3 Å². The van der Waals surface area contributed by atoms with Gasteiger partial charge in [0.05, 0.1) is 11.9 Å². The molecule has 1 aromatic heterocycles. The highest BCUT2D eigenvalue weighted by molar-refractivity contribution is 7.16. The molecule has 1 N–H and O–H groups in total. The zero-order chi connectivity index (χ0) is 20.5. The topological polar surface area (TPSA) is 51.4 Å². The minimum Gasteiger partial charge on any atom is -0.359 e. The highest BCUT2D eigenvalue weighted by Gasteiger charge is 2.49. The lowest BCUT2D eigenvalue weighted by molar-refractivity contribution is 0.133. The second-order valence-corrected chi connectivity index (χ2v) is 12.6. The first-order valence-electron chi connectivity index (χ1n) is 10.5. The Morgan fingerprint density at radius 3 is 2.57 bits per heavy atom. The van der Waals surface area contributed by atoms with Gasteiger partial charge in [0.1, 0.15) is 11.1 Å². The normalized spacial score (nSPS) is 32.4. The Morgan fingerprint density at radius 2 is 1.89 bits per heavy atom. The van der Waals surface area contributed by atoms with Gasteiger partial charge in [0.15, 0.2) is 0 Å². The Morgan fingerprint density at radius 1 is 1.18 bits per heavy atom. The van der Waals surface area contributed by atoms with Crippen LogP contribution in [0.4, 0.5) is 5.00 Å². The van der Waals surface area contributed by atoms with Crippen molar-refractivity contribution in [1.82, 2.24) is 10.2 Å². The molecule has 2 bridgehead atoms. The number of fused-ring (bicyclic) bond motifs is 3. The van der Waals surface area contributed by atoms with Crippen LogP contribution in [0.15, 0.2) is 4.99 Å². The zero-order valence-electron chi connectivity index (χ0n) is 18.4. The Labute approximate surface area is 174 Å². The van der Waals surface area contributed by atoms with Crippen molar-refractivity contribution in [3.8, 4) is 6.07 Å². The van der Waals surface area contributed by atoms with Crippen LogP contribution < -0.4 is 5.32 Å². The number of nitriles is 1. The number of hydrogen-bond acceptors (Lipinski definition) is 4. The third-order valence-corrected chi connectivity index (χ3v) is 8.18. The maximum Gasteiger partial charge on any atom is 0.136 e. The van der Waals surface area contributed by atoms with E-state index in [-0.39, 0.29) is 11.1 Å². The van der Waals surface area contributed by atoms with E-state index in [1.165, 1.54) is 29.7 Å². The summed E-state index contributed by atoms with van der Waals surface area (Å²) in [4.78, 5) is 8.60. The molecule has 0 radical (unpaired) electrons. The van der Waals surface area contributed by atoms with E-state index in [1.54, 1.807) is 11.3 Å². The molecule has 2 aliphatic heterocycles. The molecule has 2 atom stereocenters. The molecule has 5 heteroatoms. The number of rotatable bonds is 2. The van der Waals surface area contributed by atoms with Gasteiger partial charge < -0.3 is 10.2 Å². The van der Waals surface area contributed by atoms with Crippen molar-refractivity contribution in [2.75, 3.05) is 6.54 Å². The van der Waals surface area contributed by atoms with E-state index in [0.29, 0.717) is 16.9 Å². The largest absolute Gasteiger partial charge is 0.359 e. The summed E-state index contributed by atoms with van der Waals surface area (Å²) in [6, 6.07) is 3.05. The van der Waals surface area contributed by atoms with Crippen LogP contribution in [0.3, 0.4) is 0 Å². The van der Waals surface area contributed by atoms with E-state index in [0.717, 1.165) is 23.5 Å². The maximum atomic E-state index is 9.90. The lowest BCUT2D eigenvalue weighted by Crippen LogP contribution is -2.54. The predicted octanol–water partition coefficient (Wildman–Crippen LogP) is 5.34. The Kier molecular flexibility index (Phi) is 4.31. The number of nitrogens with one attached hydrogen (secondary N) is 1. The highest BCUT2D eigenvalue weighted by Crippen LogP contribution is 2.52. The van der Waals surface area contributed by atoms with Gasteiger partial charge in [-0.3, -0.25) is 0 Å². The van der Waals surface area contributed by atoms with Gasteiger partial charge in [-0.25, -0.2) is 4.99 Å². The fraction of sp³-hybridized carbons (Fsp3) is 0.739. The average molecular weight is 399 g/mol. The van der Waals surface area contributed by atoms with E-state index in [4.69, 9.17) is 4.99 Å². The fourth-order valence-electron chi connectivity index (χ4n) is 6.49.